The molecule has 5 heteroatoms. The van der Waals surface area contributed by atoms with Crippen molar-refractivity contribution >= 4 is 11.4 Å². The first kappa shape index (κ1) is 16.0. The minimum atomic E-state index is -0.486. The average Bonchev–Trinajstić information content (AvgIpc) is 2.46. The van der Waals surface area contributed by atoms with Crippen LogP contribution in [0.25, 0.3) is 0 Å². The topological polar surface area (TPSA) is 70.2 Å². The van der Waals surface area contributed by atoms with E-state index in [-0.39, 0.29) is 11.3 Å². The fourth-order valence-corrected chi connectivity index (χ4v) is 2.03. The number of nitrogens with zero attached hydrogens (tertiary/aromatic N) is 3. The van der Waals surface area contributed by atoms with Crippen LogP contribution in [0.15, 0.2) is 18.2 Å². The first-order valence-electron chi connectivity index (χ1n) is 7.07. The van der Waals surface area contributed by atoms with E-state index in [0.717, 1.165) is 44.5 Å². The van der Waals surface area contributed by atoms with Gasteiger partial charge in [-0.2, -0.15) is 5.26 Å². The predicted molar refractivity (Wildman–Crippen MR) is 79.8 cm³/mol. The molecule has 0 unspecified atom stereocenters. The largest absolute Gasteiger partial charge is 0.371 e. The Morgan fingerprint density at radius 1 is 1.25 bits per heavy atom. The Morgan fingerprint density at radius 3 is 2.30 bits per heavy atom. The van der Waals surface area contributed by atoms with Crippen molar-refractivity contribution in [3.63, 3.8) is 0 Å². The molecular weight excluding hydrogens is 254 g/mol. The van der Waals surface area contributed by atoms with Crippen molar-refractivity contribution in [3.05, 3.63) is 33.9 Å². The predicted octanol–water partition coefficient (Wildman–Crippen LogP) is 3.87. The summed E-state index contributed by atoms with van der Waals surface area (Å²) in [5.74, 6) is 0. The van der Waals surface area contributed by atoms with Gasteiger partial charge in [0.2, 0.25) is 0 Å². The summed E-state index contributed by atoms with van der Waals surface area (Å²) in [6.07, 6.45) is 4.27. The van der Waals surface area contributed by atoms with Crippen molar-refractivity contribution in [2.75, 3.05) is 18.0 Å². The molecule has 0 heterocycles. The lowest BCUT2D eigenvalue weighted by atomic mass is 10.1. The van der Waals surface area contributed by atoms with Gasteiger partial charge in [0, 0.05) is 24.8 Å². The SMILES string of the molecule is CCCCN(CCCC)c1ccc(C#N)c([N+](=O)[O-])c1. The Kier molecular flexibility index (Phi) is 6.51. The number of rotatable bonds is 8. The maximum atomic E-state index is 11.0. The number of nitro benzene ring substituents is 1. The highest BCUT2D eigenvalue weighted by molar-refractivity contribution is 5.60. The fraction of sp³-hybridized carbons (Fsp3) is 0.533. The molecule has 0 fully saturated rings. The van der Waals surface area contributed by atoms with Gasteiger partial charge in [-0.15, -0.1) is 0 Å². The first-order chi connectivity index (χ1) is 9.63. The van der Waals surface area contributed by atoms with Gasteiger partial charge >= 0.3 is 0 Å². The number of anilines is 1. The standard InChI is InChI=1S/C15H21N3O2/c1-3-5-9-17(10-6-4-2)14-8-7-13(12-16)15(11-14)18(19)20/h7-8,11H,3-6,9-10H2,1-2H3. The zero-order chi connectivity index (χ0) is 15.0. The fourth-order valence-electron chi connectivity index (χ4n) is 2.03. The third-order valence-corrected chi connectivity index (χ3v) is 3.23. The van der Waals surface area contributed by atoms with E-state index in [1.807, 2.05) is 6.07 Å². The Bertz CT molecular complexity index is 486. The van der Waals surface area contributed by atoms with Crippen LogP contribution >= 0.6 is 0 Å². The van der Waals surface area contributed by atoms with Crippen molar-refractivity contribution in [3.8, 4) is 6.07 Å². The third-order valence-electron chi connectivity index (χ3n) is 3.23. The van der Waals surface area contributed by atoms with Crippen molar-refractivity contribution in [1.29, 1.82) is 5.26 Å². The quantitative estimate of drug-likeness (QED) is 0.533. The minimum Gasteiger partial charge on any atom is -0.371 e. The summed E-state index contributed by atoms with van der Waals surface area (Å²) in [7, 11) is 0. The second kappa shape index (κ2) is 8.16. The third kappa shape index (κ3) is 4.23. The molecule has 0 aliphatic carbocycles. The molecule has 0 amide bonds. The molecule has 0 saturated heterocycles. The first-order valence-corrected chi connectivity index (χ1v) is 7.07. The van der Waals surface area contributed by atoms with E-state index in [4.69, 9.17) is 5.26 Å². The van der Waals surface area contributed by atoms with Gasteiger partial charge < -0.3 is 4.90 Å². The van der Waals surface area contributed by atoms with E-state index in [2.05, 4.69) is 18.7 Å². The van der Waals surface area contributed by atoms with Crippen LogP contribution < -0.4 is 4.90 Å². The number of nitro groups is 1. The molecule has 0 spiro atoms. The van der Waals surface area contributed by atoms with Gasteiger partial charge in [-0.25, -0.2) is 0 Å². The van der Waals surface area contributed by atoms with E-state index >= 15 is 0 Å². The number of hydrogen-bond acceptors (Lipinski definition) is 4. The molecule has 20 heavy (non-hydrogen) atoms. The monoisotopic (exact) mass is 275 g/mol. The molecular formula is C15H21N3O2. The van der Waals surface area contributed by atoms with Gasteiger partial charge in [-0.3, -0.25) is 10.1 Å². The van der Waals surface area contributed by atoms with Crippen LogP contribution in [0.5, 0.6) is 0 Å². The summed E-state index contributed by atoms with van der Waals surface area (Å²) in [6, 6.07) is 6.73. The van der Waals surface area contributed by atoms with Crippen molar-refractivity contribution < 1.29 is 4.92 Å². The van der Waals surface area contributed by atoms with Crippen molar-refractivity contribution in [2.45, 2.75) is 39.5 Å². The van der Waals surface area contributed by atoms with Crippen LogP contribution in [0.1, 0.15) is 45.1 Å². The van der Waals surface area contributed by atoms with Gasteiger partial charge in [-0.05, 0) is 25.0 Å². The van der Waals surface area contributed by atoms with E-state index < -0.39 is 4.92 Å². The zero-order valence-electron chi connectivity index (χ0n) is 12.1. The highest BCUT2D eigenvalue weighted by atomic mass is 16.6. The molecule has 0 radical (unpaired) electrons. The summed E-state index contributed by atoms with van der Waals surface area (Å²) in [6.45, 7) is 6.03. The smallest absolute Gasteiger partial charge is 0.289 e. The Labute approximate surface area is 120 Å². The molecule has 1 rings (SSSR count). The van der Waals surface area contributed by atoms with E-state index in [9.17, 15) is 10.1 Å². The Hall–Kier alpha value is -2.09. The van der Waals surface area contributed by atoms with Gasteiger partial charge in [0.15, 0.2) is 0 Å². The summed E-state index contributed by atoms with van der Waals surface area (Å²) in [5.41, 5.74) is 0.838. The van der Waals surface area contributed by atoms with E-state index in [1.54, 1.807) is 12.1 Å². The lowest BCUT2D eigenvalue weighted by Crippen LogP contribution is -2.25. The highest BCUT2D eigenvalue weighted by Crippen LogP contribution is 2.25. The normalized spacial score (nSPS) is 10.1. The summed E-state index contributed by atoms with van der Waals surface area (Å²) in [5, 5.41) is 19.9. The van der Waals surface area contributed by atoms with Gasteiger partial charge in [0.05, 0.1) is 4.92 Å². The van der Waals surface area contributed by atoms with Crippen LogP contribution in [-0.4, -0.2) is 18.0 Å². The molecule has 0 bridgehead atoms. The number of hydrogen-bond donors (Lipinski definition) is 0. The van der Waals surface area contributed by atoms with Crippen LogP contribution in [-0.2, 0) is 0 Å². The molecule has 0 aliphatic heterocycles. The Morgan fingerprint density at radius 2 is 1.85 bits per heavy atom. The molecule has 1 aromatic rings. The van der Waals surface area contributed by atoms with Crippen LogP contribution in [0.2, 0.25) is 0 Å². The lowest BCUT2D eigenvalue weighted by molar-refractivity contribution is -0.385. The zero-order valence-corrected chi connectivity index (χ0v) is 12.1. The molecule has 1 aromatic carbocycles. The summed E-state index contributed by atoms with van der Waals surface area (Å²) in [4.78, 5) is 12.7. The number of nitriles is 1. The molecule has 0 aromatic heterocycles. The Balaban J connectivity index is 3.03. The average molecular weight is 275 g/mol. The maximum Gasteiger partial charge on any atom is 0.289 e. The second-order valence-electron chi connectivity index (χ2n) is 4.76. The van der Waals surface area contributed by atoms with Crippen LogP contribution in [0.3, 0.4) is 0 Å². The second-order valence-corrected chi connectivity index (χ2v) is 4.76. The molecule has 0 aliphatic rings. The summed E-state index contributed by atoms with van der Waals surface area (Å²) >= 11 is 0. The van der Waals surface area contributed by atoms with Gasteiger partial charge in [0.25, 0.3) is 5.69 Å². The highest BCUT2D eigenvalue weighted by Gasteiger charge is 2.16. The van der Waals surface area contributed by atoms with Gasteiger partial charge in [-0.1, -0.05) is 26.7 Å². The molecule has 0 N–H and O–H groups in total. The molecule has 0 atom stereocenters. The molecule has 5 nitrogen and oxygen atoms in total. The van der Waals surface area contributed by atoms with Gasteiger partial charge in [0.1, 0.15) is 11.6 Å². The number of unbranched alkanes of at least 4 members (excludes halogenated alkanes) is 2. The van der Waals surface area contributed by atoms with E-state index in [1.165, 1.54) is 6.07 Å². The minimum absolute atomic E-state index is 0.108. The van der Waals surface area contributed by atoms with Crippen molar-refractivity contribution in [2.24, 2.45) is 0 Å². The number of benzene rings is 1. The van der Waals surface area contributed by atoms with Crippen LogP contribution in [0.4, 0.5) is 11.4 Å². The lowest BCUT2D eigenvalue weighted by Gasteiger charge is -2.24. The maximum absolute atomic E-state index is 11.0. The van der Waals surface area contributed by atoms with E-state index in [0.29, 0.717) is 0 Å². The van der Waals surface area contributed by atoms with Crippen LogP contribution in [0, 0.1) is 21.4 Å². The summed E-state index contributed by atoms with van der Waals surface area (Å²) < 4.78 is 0. The van der Waals surface area contributed by atoms with Crippen molar-refractivity contribution in [1.82, 2.24) is 0 Å². The molecule has 0 saturated carbocycles. The molecule has 108 valence electrons.